The van der Waals surface area contributed by atoms with Gasteiger partial charge < -0.3 is 11.1 Å². The monoisotopic (exact) mass is 304 g/mol. The Morgan fingerprint density at radius 3 is 2.95 bits per heavy atom. The van der Waals surface area contributed by atoms with Crippen LogP contribution in [0.25, 0.3) is 0 Å². The summed E-state index contributed by atoms with van der Waals surface area (Å²) in [7, 11) is 0. The van der Waals surface area contributed by atoms with Crippen LogP contribution in [0.4, 0.5) is 5.69 Å². The van der Waals surface area contributed by atoms with Gasteiger partial charge in [0.05, 0.1) is 27.7 Å². The second-order valence-electron chi connectivity index (χ2n) is 4.14. The molecular formula is C15H13ClN2OS. The minimum Gasteiger partial charge on any atom is -0.321 e. The van der Waals surface area contributed by atoms with Gasteiger partial charge in [0, 0.05) is 5.38 Å². The summed E-state index contributed by atoms with van der Waals surface area (Å²) in [4.78, 5) is 12.9. The van der Waals surface area contributed by atoms with Crippen LogP contribution in [-0.4, -0.2) is 12.5 Å². The Morgan fingerprint density at radius 1 is 1.45 bits per heavy atom. The molecule has 3 nitrogen and oxygen atoms in total. The summed E-state index contributed by atoms with van der Waals surface area (Å²) in [6, 6.07) is 7.23. The maximum atomic E-state index is 12.1. The Labute approximate surface area is 126 Å². The SMILES string of the molecule is Cc1ccc(NC(=O)c2csc(C#CCN)c2)c(Cl)c1. The lowest BCUT2D eigenvalue weighted by Gasteiger charge is -2.06. The molecule has 0 fully saturated rings. The van der Waals surface area contributed by atoms with Gasteiger partial charge in [-0.2, -0.15) is 0 Å². The van der Waals surface area contributed by atoms with Crippen molar-refractivity contribution in [1.29, 1.82) is 0 Å². The Morgan fingerprint density at radius 2 is 2.25 bits per heavy atom. The molecule has 0 unspecified atom stereocenters. The molecule has 0 saturated carbocycles. The minimum absolute atomic E-state index is 0.201. The van der Waals surface area contributed by atoms with Crippen molar-refractivity contribution in [2.24, 2.45) is 5.73 Å². The number of carbonyl (C=O) groups is 1. The normalized spacial score (nSPS) is 9.75. The number of nitrogens with two attached hydrogens (primary N) is 1. The molecule has 0 bridgehead atoms. The van der Waals surface area contributed by atoms with E-state index in [0.717, 1.165) is 10.4 Å². The number of aryl methyl sites for hydroxylation is 1. The number of nitrogens with one attached hydrogen (secondary N) is 1. The molecule has 20 heavy (non-hydrogen) atoms. The molecule has 5 heteroatoms. The molecule has 0 saturated heterocycles. The summed E-state index contributed by atoms with van der Waals surface area (Å²) >= 11 is 7.50. The number of thiophene rings is 1. The molecule has 0 radical (unpaired) electrons. The van der Waals surface area contributed by atoms with Crippen molar-refractivity contribution in [3.05, 3.63) is 50.7 Å². The van der Waals surface area contributed by atoms with Gasteiger partial charge in [0.25, 0.3) is 5.91 Å². The first-order chi connectivity index (χ1) is 9.60. The molecule has 0 aliphatic carbocycles. The number of amides is 1. The highest BCUT2D eigenvalue weighted by atomic mass is 35.5. The number of carbonyl (C=O) groups excluding carboxylic acids is 1. The third-order valence-corrected chi connectivity index (χ3v) is 3.71. The van der Waals surface area contributed by atoms with Gasteiger partial charge in [-0.3, -0.25) is 4.79 Å². The van der Waals surface area contributed by atoms with E-state index < -0.39 is 0 Å². The van der Waals surface area contributed by atoms with E-state index in [1.165, 1.54) is 11.3 Å². The topological polar surface area (TPSA) is 55.1 Å². The Balaban J connectivity index is 2.13. The van der Waals surface area contributed by atoms with E-state index in [0.29, 0.717) is 22.8 Å². The number of halogens is 1. The molecule has 2 rings (SSSR count). The Hall–Kier alpha value is -1.80. The first kappa shape index (κ1) is 14.6. The lowest BCUT2D eigenvalue weighted by atomic mass is 10.2. The van der Waals surface area contributed by atoms with Gasteiger partial charge in [0.1, 0.15) is 0 Å². The van der Waals surface area contributed by atoms with Crippen LogP contribution in [0, 0.1) is 18.8 Å². The van der Waals surface area contributed by atoms with E-state index in [-0.39, 0.29) is 5.91 Å². The second-order valence-corrected chi connectivity index (χ2v) is 5.46. The summed E-state index contributed by atoms with van der Waals surface area (Å²) in [5.74, 6) is 5.46. The van der Waals surface area contributed by atoms with Gasteiger partial charge in [-0.05, 0) is 30.7 Å². The molecule has 0 spiro atoms. The number of rotatable bonds is 2. The zero-order valence-electron chi connectivity index (χ0n) is 10.9. The highest BCUT2D eigenvalue weighted by molar-refractivity contribution is 7.10. The van der Waals surface area contributed by atoms with Crippen LogP contribution in [0.2, 0.25) is 5.02 Å². The first-order valence-electron chi connectivity index (χ1n) is 5.95. The molecule has 1 heterocycles. The number of hydrogen-bond acceptors (Lipinski definition) is 3. The third-order valence-electron chi connectivity index (χ3n) is 2.55. The minimum atomic E-state index is -0.201. The van der Waals surface area contributed by atoms with Crippen LogP contribution >= 0.6 is 22.9 Å². The van der Waals surface area contributed by atoms with Crippen LogP contribution in [0.15, 0.2) is 29.6 Å². The molecule has 0 aliphatic heterocycles. The van der Waals surface area contributed by atoms with Crippen molar-refractivity contribution in [2.45, 2.75) is 6.92 Å². The molecule has 1 amide bonds. The number of hydrogen-bond donors (Lipinski definition) is 2. The molecule has 0 aliphatic rings. The zero-order valence-corrected chi connectivity index (χ0v) is 12.4. The lowest BCUT2D eigenvalue weighted by Crippen LogP contribution is -2.11. The quantitative estimate of drug-likeness (QED) is 0.837. The maximum Gasteiger partial charge on any atom is 0.256 e. The van der Waals surface area contributed by atoms with Crippen molar-refractivity contribution in [1.82, 2.24) is 0 Å². The van der Waals surface area contributed by atoms with Crippen molar-refractivity contribution in [2.75, 3.05) is 11.9 Å². The molecule has 3 N–H and O–H groups in total. The molecular weight excluding hydrogens is 292 g/mol. The van der Waals surface area contributed by atoms with Crippen molar-refractivity contribution in [3.63, 3.8) is 0 Å². The van der Waals surface area contributed by atoms with Crippen LogP contribution < -0.4 is 11.1 Å². The summed E-state index contributed by atoms with van der Waals surface area (Å²) < 4.78 is 0. The molecule has 102 valence electrons. The van der Waals surface area contributed by atoms with Gasteiger partial charge >= 0.3 is 0 Å². The average molecular weight is 305 g/mol. The van der Waals surface area contributed by atoms with Crippen molar-refractivity contribution >= 4 is 34.5 Å². The van der Waals surface area contributed by atoms with Crippen LogP contribution in [-0.2, 0) is 0 Å². The number of anilines is 1. The highest BCUT2D eigenvalue weighted by Crippen LogP contribution is 2.24. The Bertz CT molecular complexity index is 697. The van der Waals surface area contributed by atoms with E-state index in [4.69, 9.17) is 17.3 Å². The first-order valence-corrected chi connectivity index (χ1v) is 7.21. The van der Waals surface area contributed by atoms with Gasteiger partial charge in [0.15, 0.2) is 0 Å². The van der Waals surface area contributed by atoms with E-state index in [1.54, 1.807) is 17.5 Å². The molecule has 1 aromatic heterocycles. The van der Waals surface area contributed by atoms with E-state index in [2.05, 4.69) is 17.2 Å². The predicted octanol–water partition coefficient (Wildman–Crippen LogP) is 3.27. The molecule has 2 aromatic rings. The van der Waals surface area contributed by atoms with Crippen LogP contribution in [0.5, 0.6) is 0 Å². The van der Waals surface area contributed by atoms with E-state index in [9.17, 15) is 4.79 Å². The highest BCUT2D eigenvalue weighted by Gasteiger charge is 2.10. The van der Waals surface area contributed by atoms with Crippen molar-refractivity contribution < 1.29 is 4.79 Å². The fourth-order valence-corrected chi connectivity index (χ4v) is 2.61. The van der Waals surface area contributed by atoms with Gasteiger partial charge in [-0.25, -0.2) is 0 Å². The summed E-state index contributed by atoms with van der Waals surface area (Å²) in [6.07, 6.45) is 0. The largest absolute Gasteiger partial charge is 0.321 e. The summed E-state index contributed by atoms with van der Waals surface area (Å²) in [5.41, 5.74) is 7.52. The van der Waals surface area contributed by atoms with Gasteiger partial charge in [-0.15, -0.1) is 11.3 Å². The van der Waals surface area contributed by atoms with Crippen LogP contribution in [0.1, 0.15) is 20.8 Å². The maximum absolute atomic E-state index is 12.1. The average Bonchev–Trinajstić information content (AvgIpc) is 2.88. The van der Waals surface area contributed by atoms with Gasteiger partial charge in [0.2, 0.25) is 0 Å². The van der Waals surface area contributed by atoms with Gasteiger partial charge in [-0.1, -0.05) is 29.5 Å². The summed E-state index contributed by atoms with van der Waals surface area (Å²) in [5, 5.41) is 5.07. The third kappa shape index (κ3) is 3.61. The van der Waals surface area contributed by atoms with E-state index >= 15 is 0 Å². The fraction of sp³-hybridized carbons (Fsp3) is 0.133. The fourth-order valence-electron chi connectivity index (χ4n) is 1.57. The van der Waals surface area contributed by atoms with Crippen LogP contribution in [0.3, 0.4) is 0 Å². The predicted molar refractivity (Wildman–Crippen MR) is 84.4 cm³/mol. The number of benzene rings is 1. The standard InChI is InChI=1S/C15H13ClN2OS/c1-10-4-5-14(13(16)7-10)18-15(19)11-8-12(20-9-11)3-2-6-17/h4-5,7-9H,6,17H2,1H3,(H,18,19). The zero-order chi connectivity index (χ0) is 14.5. The lowest BCUT2D eigenvalue weighted by molar-refractivity contribution is 0.102. The summed E-state index contributed by atoms with van der Waals surface area (Å²) in [6.45, 7) is 2.25. The molecule has 1 aromatic carbocycles. The van der Waals surface area contributed by atoms with E-state index in [1.807, 2.05) is 19.1 Å². The molecule has 0 atom stereocenters. The smallest absolute Gasteiger partial charge is 0.256 e. The second kappa shape index (κ2) is 6.58. The Kier molecular flexibility index (Phi) is 4.80. The van der Waals surface area contributed by atoms with Crippen molar-refractivity contribution in [3.8, 4) is 11.8 Å².